The highest BCUT2D eigenvalue weighted by atomic mass is 35.5. The molecular formula is C13H13ClO5. The average Bonchev–Trinajstić information content (AvgIpc) is 2.45. The van der Waals surface area contributed by atoms with Gasteiger partial charge in [0.05, 0.1) is 19.3 Å². The summed E-state index contributed by atoms with van der Waals surface area (Å²) in [6, 6.07) is 5.94. The molecule has 0 aliphatic carbocycles. The second-order valence-corrected chi connectivity index (χ2v) is 4.00. The highest BCUT2D eigenvalue weighted by Crippen LogP contribution is 2.22. The first-order valence-corrected chi connectivity index (χ1v) is 5.98. The molecule has 0 bridgehead atoms. The van der Waals surface area contributed by atoms with Crippen molar-refractivity contribution in [3.63, 3.8) is 0 Å². The predicted octanol–water partition coefficient (Wildman–Crippen LogP) is 1.89. The molecule has 1 aromatic rings. The number of ketones is 1. The molecule has 0 radical (unpaired) electrons. The van der Waals surface area contributed by atoms with Crippen LogP contribution < -0.4 is 0 Å². The number of carbonyl (C=O) groups is 3. The van der Waals surface area contributed by atoms with Gasteiger partial charge in [0.25, 0.3) is 5.78 Å². The summed E-state index contributed by atoms with van der Waals surface area (Å²) >= 11 is 5.86. The zero-order valence-electron chi connectivity index (χ0n) is 10.5. The Morgan fingerprint density at radius 3 is 2.26 bits per heavy atom. The van der Waals surface area contributed by atoms with Gasteiger partial charge in [0, 0.05) is 0 Å². The normalized spacial score (nSPS) is 11.5. The molecule has 0 saturated carbocycles. The summed E-state index contributed by atoms with van der Waals surface area (Å²) in [6.45, 7) is 1.98. The van der Waals surface area contributed by atoms with Gasteiger partial charge in [-0.15, -0.1) is 11.6 Å². The van der Waals surface area contributed by atoms with Crippen LogP contribution in [0.3, 0.4) is 0 Å². The Morgan fingerprint density at radius 1 is 1.21 bits per heavy atom. The smallest absolute Gasteiger partial charge is 0.376 e. The van der Waals surface area contributed by atoms with E-state index in [0.717, 1.165) is 7.11 Å². The first-order chi connectivity index (χ1) is 9.01. The van der Waals surface area contributed by atoms with E-state index >= 15 is 0 Å². The van der Waals surface area contributed by atoms with Gasteiger partial charge < -0.3 is 9.47 Å². The molecule has 0 aliphatic rings. The van der Waals surface area contributed by atoms with Crippen LogP contribution in [0, 0.1) is 0 Å². The molecule has 0 heterocycles. The number of hydrogen-bond acceptors (Lipinski definition) is 5. The Bertz CT molecular complexity index is 480. The van der Waals surface area contributed by atoms with E-state index in [1.165, 1.54) is 24.3 Å². The highest BCUT2D eigenvalue weighted by Gasteiger charge is 2.25. The zero-order valence-corrected chi connectivity index (χ0v) is 11.3. The molecule has 19 heavy (non-hydrogen) atoms. The van der Waals surface area contributed by atoms with E-state index in [9.17, 15) is 14.4 Å². The van der Waals surface area contributed by atoms with Crippen molar-refractivity contribution >= 4 is 29.3 Å². The first-order valence-electron chi connectivity index (χ1n) is 5.54. The van der Waals surface area contributed by atoms with Gasteiger partial charge in [-0.2, -0.15) is 0 Å². The molecule has 0 N–H and O–H groups in total. The Kier molecular flexibility index (Phi) is 5.51. The second-order valence-electron chi connectivity index (χ2n) is 3.56. The van der Waals surface area contributed by atoms with Gasteiger partial charge in [0.15, 0.2) is 0 Å². The van der Waals surface area contributed by atoms with Gasteiger partial charge in [-0.25, -0.2) is 9.59 Å². The van der Waals surface area contributed by atoms with Crippen molar-refractivity contribution in [2.75, 3.05) is 13.7 Å². The average molecular weight is 285 g/mol. The summed E-state index contributed by atoms with van der Waals surface area (Å²) < 4.78 is 9.12. The Balaban J connectivity index is 2.84. The highest BCUT2D eigenvalue weighted by molar-refractivity contribution is 6.47. The molecule has 0 aliphatic heterocycles. The lowest BCUT2D eigenvalue weighted by molar-refractivity contribution is -0.151. The SMILES string of the molecule is CCOC(=O)c1ccc(C(Cl)C(=O)C(=O)OC)cc1. The number of methoxy groups -OCH3 is 1. The summed E-state index contributed by atoms with van der Waals surface area (Å²) in [5.74, 6) is -2.32. The Hall–Kier alpha value is -1.88. The minimum Gasteiger partial charge on any atom is -0.463 e. The van der Waals surface area contributed by atoms with Crippen molar-refractivity contribution in [3.05, 3.63) is 35.4 Å². The van der Waals surface area contributed by atoms with E-state index in [1.54, 1.807) is 6.92 Å². The number of ether oxygens (including phenoxy) is 2. The Labute approximate surface area is 115 Å². The minimum atomic E-state index is -1.14. The third-order valence-electron chi connectivity index (χ3n) is 2.33. The number of alkyl halides is 1. The number of carbonyl (C=O) groups excluding carboxylic acids is 3. The van der Waals surface area contributed by atoms with Gasteiger partial charge in [-0.05, 0) is 24.6 Å². The van der Waals surface area contributed by atoms with E-state index in [0.29, 0.717) is 11.1 Å². The van der Waals surface area contributed by atoms with Crippen LogP contribution in [-0.4, -0.2) is 31.4 Å². The monoisotopic (exact) mass is 284 g/mol. The molecule has 0 amide bonds. The molecular weight excluding hydrogens is 272 g/mol. The number of rotatable bonds is 5. The lowest BCUT2D eigenvalue weighted by atomic mass is 10.1. The quantitative estimate of drug-likeness (QED) is 0.469. The number of benzene rings is 1. The third kappa shape index (κ3) is 3.79. The summed E-state index contributed by atoms with van der Waals surface area (Å²) in [5.41, 5.74) is 0.755. The summed E-state index contributed by atoms with van der Waals surface area (Å²) in [6.07, 6.45) is 0. The topological polar surface area (TPSA) is 69.7 Å². The molecule has 1 rings (SSSR count). The second kappa shape index (κ2) is 6.89. The maximum absolute atomic E-state index is 11.5. The van der Waals surface area contributed by atoms with Crippen molar-refractivity contribution in [1.29, 1.82) is 0 Å². The van der Waals surface area contributed by atoms with Crippen molar-refractivity contribution in [2.45, 2.75) is 12.3 Å². The van der Waals surface area contributed by atoms with E-state index in [1.807, 2.05) is 0 Å². The van der Waals surface area contributed by atoms with Crippen LogP contribution in [-0.2, 0) is 19.1 Å². The summed E-state index contributed by atoms with van der Waals surface area (Å²) in [7, 11) is 1.10. The van der Waals surface area contributed by atoms with E-state index in [4.69, 9.17) is 16.3 Å². The molecule has 0 fully saturated rings. The fourth-order valence-corrected chi connectivity index (χ4v) is 1.59. The maximum Gasteiger partial charge on any atom is 0.376 e. The summed E-state index contributed by atoms with van der Waals surface area (Å²) in [5, 5.41) is -1.14. The molecule has 1 atom stereocenters. The van der Waals surface area contributed by atoms with E-state index in [2.05, 4.69) is 4.74 Å². The minimum absolute atomic E-state index is 0.277. The van der Waals surface area contributed by atoms with Crippen LogP contribution in [0.15, 0.2) is 24.3 Å². The van der Waals surface area contributed by atoms with Crippen LogP contribution in [0.4, 0.5) is 0 Å². The van der Waals surface area contributed by atoms with E-state index < -0.39 is 23.1 Å². The molecule has 5 nitrogen and oxygen atoms in total. The van der Waals surface area contributed by atoms with Crippen molar-refractivity contribution < 1.29 is 23.9 Å². The molecule has 1 aromatic carbocycles. The maximum atomic E-state index is 11.5. The molecule has 102 valence electrons. The van der Waals surface area contributed by atoms with Gasteiger partial charge in [-0.3, -0.25) is 4.79 Å². The Morgan fingerprint density at radius 2 is 1.79 bits per heavy atom. The lowest BCUT2D eigenvalue weighted by Crippen LogP contribution is -2.20. The first kappa shape index (κ1) is 15.2. The number of halogens is 1. The molecule has 0 spiro atoms. The van der Waals surface area contributed by atoms with Crippen LogP contribution in [0.25, 0.3) is 0 Å². The van der Waals surface area contributed by atoms with Gasteiger partial charge >= 0.3 is 11.9 Å². The summed E-state index contributed by atoms with van der Waals surface area (Å²) in [4.78, 5) is 34.0. The van der Waals surface area contributed by atoms with Gasteiger partial charge in [0.2, 0.25) is 0 Å². The van der Waals surface area contributed by atoms with Crippen molar-refractivity contribution in [2.24, 2.45) is 0 Å². The number of esters is 2. The van der Waals surface area contributed by atoms with Crippen LogP contribution >= 0.6 is 11.6 Å². The standard InChI is InChI=1S/C13H13ClO5/c1-3-19-12(16)9-6-4-8(5-7-9)10(14)11(15)13(17)18-2/h4-7,10H,3H2,1-2H3. The van der Waals surface area contributed by atoms with Crippen molar-refractivity contribution in [3.8, 4) is 0 Å². The van der Waals surface area contributed by atoms with E-state index in [-0.39, 0.29) is 6.61 Å². The van der Waals surface area contributed by atoms with Crippen LogP contribution in [0.1, 0.15) is 28.2 Å². The largest absolute Gasteiger partial charge is 0.463 e. The molecule has 1 unspecified atom stereocenters. The fourth-order valence-electron chi connectivity index (χ4n) is 1.36. The zero-order chi connectivity index (χ0) is 14.4. The number of Topliss-reactive ketones (excluding diaryl/α,β-unsaturated/α-hetero) is 1. The van der Waals surface area contributed by atoms with Gasteiger partial charge in [-0.1, -0.05) is 12.1 Å². The fraction of sp³-hybridized carbons (Fsp3) is 0.308. The van der Waals surface area contributed by atoms with Gasteiger partial charge in [0.1, 0.15) is 5.38 Å². The van der Waals surface area contributed by atoms with Crippen LogP contribution in [0.2, 0.25) is 0 Å². The third-order valence-corrected chi connectivity index (χ3v) is 2.78. The van der Waals surface area contributed by atoms with Crippen molar-refractivity contribution in [1.82, 2.24) is 0 Å². The molecule has 6 heteroatoms. The molecule has 0 aromatic heterocycles. The molecule has 0 saturated heterocycles. The number of hydrogen-bond donors (Lipinski definition) is 0. The van der Waals surface area contributed by atoms with Crippen LogP contribution in [0.5, 0.6) is 0 Å². The lowest BCUT2D eigenvalue weighted by Gasteiger charge is -2.08. The predicted molar refractivity (Wildman–Crippen MR) is 68.0 cm³/mol.